The molecule has 2 N–H and O–H groups in total. The topological polar surface area (TPSA) is 66.6 Å². The predicted molar refractivity (Wildman–Crippen MR) is 92.1 cm³/mol. The van der Waals surface area contributed by atoms with Crippen LogP contribution in [0.15, 0.2) is 24.3 Å². The molecule has 0 radical (unpaired) electrons. The van der Waals surface area contributed by atoms with E-state index in [1.165, 1.54) is 0 Å². The Kier molecular flexibility index (Phi) is 5.09. The van der Waals surface area contributed by atoms with E-state index < -0.39 is 0 Å². The summed E-state index contributed by atoms with van der Waals surface area (Å²) in [6.07, 6.45) is 0.278. The SMILES string of the molecule is Cc1ccc(N2CC(C(=O)N(C)CC(C)(C)CN)CC2=O)cc1. The Bertz CT molecular complexity index is 580. The second kappa shape index (κ2) is 6.71. The standard InChI is InChI=1S/C18H27N3O2/c1-13-5-7-15(8-6-13)21-10-14(9-16(21)22)17(23)20(4)12-18(2,3)11-19/h5-8,14H,9-12,19H2,1-4H3. The number of carbonyl (C=O) groups is 2. The van der Waals surface area contributed by atoms with E-state index in [1.54, 1.807) is 16.8 Å². The van der Waals surface area contributed by atoms with Gasteiger partial charge in [-0.25, -0.2) is 0 Å². The van der Waals surface area contributed by atoms with E-state index in [9.17, 15) is 9.59 Å². The molecule has 1 fully saturated rings. The van der Waals surface area contributed by atoms with Gasteiger partial charge in [-0.3, -0.25) is 9.59 Å². The fourth-order valence-corrected chi connectivity index (χ4v) is 2.94. The van der Waals surface area contributed by atoms with E-state index >= 15 is 0 Å². The predicted octanol–water partition coefficient (Wildman–Crippen LogP) is 1.79. The highest BCUT2D eigenvalue weighted by Gasteiger charge is 2.37. The van der Waals surface area contributed by atoms with Crippen molar-refractivity contribution in [3.63, 3.8) is 0 Å². The minimum absolute atomic E-state index is 0.0127. The van der Waals surface area contributed by atoms with Crippen molar-refractivity contribution in [2.24, 2.45) is 17.1 Å². The molecule has 0 aliphatic carbocycles. The minimum Gasteiger partial charge on any atom is -0.345 e. The zero-order chi connectivity index (χ0) is 17.2. The second-order valence-corrected chi connectivity index (χ2v) is 7.30. The van der Waals surface area contributed by atoms with Gasteiger partial charge in [0.05, 0.1) is 5.92 Å². The van der Waals surface area contributed by atoms with Crippen LogP contribution in [0.3, 0.4) is 0 Å². The summed E-state index contributed by atoms with van der Waals surface area (Å²) in [6, 6.07) is 7.82. The first-order chi connectivity index (χ1) is 10.7. The first-order valence-corrected chi connectivity index (χ1v) is 8.05. The minimum atomic E-state index is -0.276. The second-order valence-electron chi connectivity index (χ2n) is 7.30. The lowest BCUT2D eigenvalue weighted by atomic mass is 9.92. The fraction of sp³-hybridized carbons (Fsp3) is 0.556. The molecular weight excluding hydrogens is 290 g/mol. The van der Waals surface area contributed by atoms with Crippen LogP contribution in [0.25, 0.3) is 0 Å². The molecule has 1 aromatic rings. The van der Waals surface area contributed by atoms with Gasteiger partial charge >= 0.3 is 0 Å². The Hall–Kier alpha value is -1.88. The molecule has 126 valence electrons. The zero-order valence-electron chi connectivity index (χ0n) is 14.5. The van der Waals surface area contributed by atoms with Crippen LogP contribution < -0.4 is 10.6 Å². The number of amides is 2. The van der Waals surface area contributed by atoms with Gasteiger partial charge < -0.3 is 15.5 Å². The highest BCUT2D eigenvalue weighted by atomic mass is 16.2. The number of anilines is 1. The van der Waals surface area contributed by atoms with Gasteiger partial charge in [-0.05, 0) is 31.0 Å². The summed E-state index contributed by atoms with van der Waals surface area (Å²) in [4.78, 5) is 28.3. The smallest absolute Gasteiger partial charge is 0.227 e. The van der Waals surface area contributed by atoms with E-state index in [1.807, 2.05) is 45.0 Å². The van der Waals surface area contributed by atoms with Crippen LogP contribution >= 0.6 is 0 Å². The average Bonchev–Trinajstić information content (AvgIpc) is 2.88. The average molecular weight is 317 g/mol. The van der Waals surface area contributed by atoms with Crippen LogP contribution in [0.1, 0.15) is 25.8 Å². The first-order valence-electron chi connectivity index (χ1n) is 8.05. The lowest BCUT2D eigenvalue weighted by Crippen LogP contribution is -2.42. The summed E-state index contributed by atoms with van der Waals surface area (Å²) < 4.78 is 0. The number of benzene rings is 1. The Labute approximate surface area is 138 Å². The van der Waals surface area contributed by atoms with Crippen molar-refractivity contribution in [1.29, 1.82) is 0 Å². The Morgan fingerprint density at radius 2 is 1.96 bits per heavy atom. The van der Waals surface area contributed by atoms with E-state index in [0.29, 0.717) is 19.6 Å². The molecule has 1 heterocycles. The summed E-state index contributed by atoms with van der Waals surface area (Å²) in [7, 11) is 1.79. The molecule has 0 bridgehead atoms. The maximum Gasteiger partial charge on any atom is 0.227 e. The van der Waals surface area contributed by atoms with Gasteiger partial charge in [-0.2, -0.15) is 0 Å². The van der Waals surface area contributed by atoms with Gasteiger partial charge in [-0.1, -0.05) is 31.5 Å². The van der Waals surface area contributed by atoms with Gasteiger partial charge in [0.1, 0.15) is 0 Å². The van der Waals surface area contributed by atoms with Gasteiger partial charge in [0, 0.05) is 32.2 Å². The molecule has 1 saturated heterocycles. The van der Waals surface area contributed by atoms with Gasteiger partial charge in [0.2, 0.25) is 11.8 Å². The molecule has 5 nitrogen and oxygen atoms in total. The van der Waals surface area contributed by atoms with Crippen molar-refractivity contribution in [2.75, 3.05) is 31.6 Å². The van der Waals surface area contributed by atoms with Crippen molar-refractivity contribution >= 4 is 17.5 Å². The Balaban J connectivity index is 2.04. The van der Waals surface area contributed by atoms with E-state index in [0.717, 1.165) is 11.3 Å². The number of aryl methyl sites for hydroxylation is 1. The molecule has 1 aliphatic rings. The zero-order valence-corrected chi connectivity index (χ0v) is 14.5. The number of rotatable bonds is 5. The molecule has 2 amide bonds. The van der Waals surface area contributed by atoms with E-state index in [4.69, 9.17) is 5.73 Å². The number of nitrogens with two attached hydrogens (primary N) is 1. The quantitative estimate of drug-likeness (QED) is 0.900. The third-order valence-corrected chi connectivity index (χ3v) is 4.41. The van der Waals surface area contributed by atoms with Crippen LogP contribution in [0.4, 0.5) is 5.69 Å². The lowest BCUT2D eigenvalue weighted by molar-refractivity contribution is -0.135. The highest BCUT2D eigenvalue weighted by Crippen LogP contribution is 2.27. The number of hydrogen-bond acceptors (Lipinski definition) is 3. The number of nitrogens with zero attached hydrogens (tertiary/aromatic N) is 2. The van der Waals surface area contributed by atoms with Crippen molar-refractivity contribution < 1.29 is 9.59 Å². The summed E-state index contributed by atoms with van der Waals surface area (Å²) in [5, 5.41) is 0. The molecule has 1 unspecified atom stereocenters. The van der Waals surface area contributed by atoms with E-state index in [-0.39, 0.29) is 29.6 Å². The normalized spacial score (nSPS) is 18.4. The van der Waals surface area contributed by atoms with Crippen LogP contribution in [0.2, 0.25) is 0 Å². The van der Waals surface area contributed by atoms with E-state index in [2.05, 4.69) is 0 Å². The van der Waals surface area contributed by atoms with Gasteiger partial charge in [0.25, 0.3) is 0 Å². The van der Waals surface area contributed by atoms with Crippen LogP contribution in [0, 0.1) is 18.3 Å². The van der Waals surface area contributed by atoms with Crippen molar-refractivity contribution in [3.05, 3.63) is 29.8 Å². The first kappa shape index (κ1) is 17.5. The molecule has 23 heavy (non-hydrogen) atoms. The van der Waals surface area contributed by atoms with Crippen LogP contribution in [0.5, 0.6) is 0 Å². The third-order valence-electron chi connectivity index (χ3n) is 4.41. The monoisotopic (exact) mass is 317 g/mol. The third kappa shape index (κ3) is 4.10. The number of carbonyl (C=O) groups excluding carboxylic acids is 2. The molecule has 5 heteroatoms. The molecule has 0 aromatic heterocycles. The Morgan fingerprint density at radius 3 is 2.52 bits per heavy atom. The molecule has 1 aromatic carbocycles. The maximum absolute atomic E-state index is 12.6. The molecule has 2 rings (SSSR count). The molecular formula is C18H27N3O2. The van der Waals surface area contributed by atoms with Crippen LogP contribution in [-0.4, -0.2) is 43.4 Å². The fourth-order valence-electron chi connectivity index (χ4n) is 2.94. The Morgan fingerprint density at radius 1 is 1.35 bits per heavy atom. The molecule has 0 spiro atoms. The van der Waals surface area contributed by atoms with Crippen molar-refractivity contribution in [1.82, 2.24) is 4.90 Å². The molecule has 1 atom stereocenters. The van der Waals surface area contributed by atoms with Crippen LogP contribution in [-0.2, 0) is 9.59 Å². The summed E-state index contributed by atoms with van der Waals surface area (Å²) in [5.74, 6) is -0.240. The molecule has 1 aliphatic heterocycles. The van der Waals surface area contributed by atoms with Gasteiger partial charge in [-0.15, -0.1) is 0 Å². The molecule has 0 saturated carbocycles. The summed E-state index contributed by atoms with van der Waals surface area (Å²) in [6.45, 7) is 7.65. The lowest BCUT2D eigenvalue weighted by Gasteiger charge is -2.30. The number of hydrogen-bond donors (Lipinski definition) is 1. The van der Waals surface area contributed by atoms with Gasteiger partial charge in [0.15, 0.2) is 0 Å². The van der Waals surface area contributed by atoms with Crippen molar-refractivity contribution in [3.8, 4) is 0 Å². The highest BCUT2D eigenvalue weighted by molar-refractivity contribution is 6.00. The summed E-state index contributed by atoms with van der Waals surface area (Å²) in [5.41, 5.74) is 7.63. The maximum atomic E-state index is 12.6. The van der Waals surface area contributed by atoms with Crippen molar-refractivity contribution in [2.45, 2.75) is 27.2 Å². The largest absolute Gasteiger partial charge is 0.345 e. The summed E-state index contributed by atoms with van der Waals surface area (Å²) >= 11 is 0.